The first kappa shape index (κ1) is 13.0. The van der Waals surface area contributed by atoms with E-state index < -0.39 is 0 Å². The molecule has 0 spiro atoms. The Morgan fingerprint density at radius 3 is 2.13 bits per heavy atom. The van der Waals surface area contributed by atoms with Crippen LogP contribution < -0.4 is 5.32 Å². The van der Waals surface area contributed by atoms with Crippen LogP contribution in [0.15, 0.2) is 0 Å². The van der Waals surface area contributed by atoms with E-state index in [1.165, 1.54) is 12.8 Å². The van der Waals surface area contributed by atoms with Gasteiger partial charge in [0.25, 0.3) is 0 Å². The van der Waals surface area contributed by atoms with Crippen molar-refractivity contribution in [1.82, 2.24) is 5.32 Å². The molecule has 2 unspecified atom stereocenters. The Hall–Kier alpha value is -0.0400. The minimum Gasteiger partial charge on any atom is -0.317 e. The first-order chi connectivity index (χ1) is 7.02. The summed E-state index contributed by atoms with van der Waals surface area (Å²) in [6.45, 7) is 12.0. The molecule has 0 aromatic rings. The molecule has 1 saturated carbocycles. The summed E-state index contributed by atoms with van der Waals surface area (Å²) in [6.07, 6.45) is 2.72. The van der Waals surface area contributed by atoms with Gasteiger partial charge in [0, 0.05) is 6.04 Å². The number of nitrogens with one attached hydrogen (secondary N) is 1. The van der Waals surface area contributed by atoms with E-state index >= 15 is 0 Å². The van der Waals surface area contributed by atoms with Gasteiger partial charge in [0.05, 0.1) is 0 Å². The third kappa shape index (κ3) is 2.96. The molecule has 0 heterocycles. The van der Waals surface area contributed by atoms with Crippen LogP contribution in [0.4, 0.5) is 0 Å². The number of rotatable bonds is 6. The highest BCUT2D eigenvalue weighted by Crippen LogP contribution is 2.43. The van der Waals surface area contributed by atoms with Crippen molar-refractivity contribution in [2.45, 2.75) is 53.5 Å². The zero-order valence-electron chi connectivity index (χ0n) is 11.4. The highest BCUT2D eigenvalue weighted by atomic mass is 14.9. The lowest BCUT2D eigenvalue weighted by Crippen LogP contribution is -2.25. The molecule has 90 valence electrons. The Labute approximate surface area is 96.0 Å². The minimum atomic E-state index is 0.812. The van der Waals surface area contributed by atoms with Crippen LogP contribution in [0.25, 0.3) is 0 Å². The standard InChI is InChI=1S/C14H29N/c1-7-9(2)10(3)11(4)12(5)13-8-14(13)15-6/h9-15H,7-8H2,1-6H3/t9-,10-,11-,12-,13?,14?/m0/s1. The third-order valence-electron chi connectivity index (χ3n) is 5.09. The van der Waals surface area contributed by atoms with E-state index in [2.05, 4.69) is 47.0 Å². The van der Waals surface area contributed by atoms with Crippen LogP contribution in [0.2, 0.25) is 0 Å². The average Bonchev–Trinajstić information content (AvgIpc) is 3.04. The fraction of sp³-hybridized carbons (Fsp3) is 1.00. The number of hydrogen-bond donors (Lipinski definition) is 1. The molecule has 0 amide bonds. The molecule has 1 heteroatoms. The first-order valence-corrected chi connectivity index (χ1v) is 6.70. The van der Waals surface area contributed by atoms with Crippen molar-refractivity contribution in [3.63, 3.8) is 0 Å². The minimum absolute atomic E-state index is 0.812. The van der Waals surface area contributed by atoms with Crippen LogP contribution in [0.1, 0.15) is 47.5 Å². The Bertz CT molecular complexity index is 190. The third-order valence-corrected chi connectivity index (χ3v) is 5.09. The maximum atomic E-state index is 3.41. The van der Waals surface area contributed by atoms with Crippen molar-refractivity contribution in [2.24, 2.45) is 29.6 Å². The lowest BCUT2D eigenvalue weighted by atomic mass is 9.75. The molecular formula is C14H29N. The van der Waals surface area contributed by atoms with Crippen LogP contribution in [0, 0.1) is 29.6 Å². The van der Waals surface area contributed by atoms with E-state index in [0.29, 0.717) is 0 Å². The van der Waals surface area contributed by atoms with Crippen LogP contribution in [-0.2, 0) is 0 Å². The Kier molecular flexibility index (Phi) is 4.64. The normalized spacial score (nSPS) is 33.2. The van der Waals surface area contributed by atoms with E-state index in [0.717, 1.165) is 35.6 Å². The second-order valence-corrected chi connectivity index (χ2v) is 5.76. The zero-order valence-corrected chi connectivity index (χ0v) is 11.4. The van der Waals surface area contributed by atoms with Crippen molar-refractivity contribution in [3.05, 3.63) is 0 Å². The Morgan fingerprint density at radius 1 is 1.13 bits per heavy atom. The van der Waals surface area contributed by atoms with E-state index in [-0.39, 0.29) is 0 Å². The molecule has 1 rings (SSSR count). The first-order valence-electron chi connectivity index (χ1n) is 6.70. The summed E-state index contributed by atoms with van der Waals surface area (Å²) in [5.74, 6) is 4.42. The monoisotopic (exact) mass is 211 g/mol. The summed E-state index contributed by atoms with van der Waals surface area (Å²) in [5.41, 5.74) is 0. The molecule has 1 N–H and O–H groups in total. The molecule has 15 heavy (non-hydrogen) atoms. The summed E-state index contributed by atoms with van der Waals surface area (Å²) < 4.78 is 0. The highest BCUT2D eigenvalue weighted by Gasteiger charge is 2.42. The lowest BCUT2D eigenvalue weighted by Gasteiger charge is -2.30. The molecule has 0 bridgehead atoms. The molecule has 0 radical (unpaired) electrons. The van der Waals surface area contributed by atoms with Gasteiger partial charge in [-0.25, -0.2) is 0 Å². The van der Waals surface area contributed by atoms with Gasteiger partial charge in [0.2, 0.25) is 0 Å². The van der Waals surface area contributed by atoms with Gasteiger partial charge in [0.1, 0.15) is 0 Å². The van der Waals surface area contributed by atoms with Crippen molar-refractivity contribution in [1.29, 1.82) is 0 Å². The number of hydrogen-bond acceptors (Lipinski definition) is 1. The summed E-state index contributed by atoms with van der Waals surface area (Å²) >= 11 is 0. The molecule has 6 atom stereocenters. The predicted molar refractivity (Wildman–Crippen MR) is 67.9 cm³/mol. The SMILES string of the molecule is CC[C@H](C)[C@H](C)[C@H](C)[C@H](C)C1CC1NC. The van der Waals surface area contributed by atoms with Gasteiger partial charge in [-0.1, -0.05) is 41.0 Å². The van der Waals surface area contributed by atoms with E-state index in [9.17, 15) is 0 Å². The molecule has 1 fully saturated rings. The molecular weight excluding hydrogens is 182 g/mol. The van der Waals surface area contributed by atoms with E-state index in [1.807, 2.05) is 0 Å². The molecule has 1 aliphatic carbocycles. The maximum Gasteiger partial charge on any atom is 0.00988 e. The van der Waals surface area contributed by atoms with Gasteiger partial charge in [-0.2, -0.15) is 0 Å². The molecule has 0 aliphatic heterocycles. The molecule has 0 aromatic carbocycles. The van der Waals surface area contributed by atoms with Gasteiger partial charge in [-0.05, 0) is 43.1 Å². The lowest BCUT2D eigenvalue weighted by molar-refractivity contribution is 0.190. The van der Waals surface area contributed by atoms with Crippen molar-refractivity contribution in [3.8, 4) is 0 Å². The topological polar surface area (TPSA) is 12.0 Å². The molecule has 0 aromatic heterocycles. The fourth-order valence-corrected chi connectivity index (χ4v) is 2.89. The van der Waals surface area contributed by atoms with Crippen LogP contribution in [-0.4, -0.2) is 13.1 Å². The molecule has 1 nitrogen and oxygen atoms in total. The van der Waals surface area contributed by atoms with Crippen LogP contribution in [0.5, 0.6) is 0 Å². The summed E-state index contributed by atoms with van der Waals surface area (Å²) in [5, 5.41) is 3.41. The summed E-state index contributed by atoms with van der Waals surface area (Å²) in [4.78, 5) is 0. The smallest absolute Gasteiger partial charge is 0.00988 e. The Morgan fingerprint density at radius 2 is 1.73 bits per heavy atom. The zero-order chi connectivity index (χ0) is 11.6. The summed E-state index contributed by atoms with van der Waals surface area (Å²) in [6, 6.07) is 0.812. The van der Waals surface area contributed by atoms with Crippen molar-refractivity contribution >= 4 is 0 Å². The van der Waals surface area contributed by atoms with Crippen molar-refractivity contribution in [2.75, 3.05) is 7.05 Å². The van der Waals surface area contributed by atoms with Gasteiger partial charge in [-0.15, -0.1) is 0 Å². The van der Waals surface area contributed by atoms with E-state index in [4.69, 9.17) is 0 Å². The predicted octanol–water partition coefficient (Wildman–Crippen LogP) is 3.55. The second-order valence-electron chi connectivity index (χ2n) is 5.76. The Balaban J connectivity index is 2.42. The quantitative estimate of drug-likeness (QED) is 0.708. The maximum absolute atomic E-state index is 3.41. The van der Waals surface area contributed by atoms with Gasteiger partial charge in [0.15, 0.2) is 0 Å². The largest absolute Gasteiger partial charge is 0.317 e. The molecule has 1 aliphatic rings. The van der Waals surface area contributed by atoms with Crippen LogP contribution in [0.3, 0.4) is 0 Å². The highest BCUT2D eigenvalue weighted by molar-refractivity contribution is 4.97. The van der Waals surface area contributed by atoms with E-state index in [1.54, 1.807) is 0 Å². The van der Waals surface area contributed by atoms with Gasteiger partial charge >= 0.3 is 0 Å². The van der Waals surface area contributed by atoms with Gasteiger partial charge in [-0.3, -0.25) is 0 Å². The average molecular weight is 211 g/mol. The summed E-state index contributed by atoms with van der Waals surface area (Å²) in [7, 11) is 2.10. The fourth-order valence-electron chi connectivity index (χ4n) is 2.89. The van der Waals surface area contributed by atoms with Gasteiger partial charge < -0.3 is 5.32 Å². The van der Waals surface area contributed by atoms with Crippen LogP contribution >= 0.6 is 0 Å². The van der Waals surface area contributed by atoms with Crippen molar-refractivity contribution < 1.29 is 0 Å². The second kappa shape index (κ2) is 5.34. The molecule has 0 saturated heterocycles.